The van der Waals surface area contributed by atoms with Gasteiger partial charge in [-0.2, -0.15) is 0 Å². The predicted molar refractivity (Wildman–Crippen MR) is 81.7 cm³/mol. The van der Waals surface area contributed by atoms with E-state index >= 15 is 0 Å². The van der Waals surface area contributed by atoms with Crippen molar-refractivity contribution < 1.29 is 13.2 Å². The Labute approximate surface area is 126 Å². The van der Waals surface area contributed by atoms with Crippen molar-refractivity contribution in [1.82, 2.24) is 14.6 Å². The van der Waals surface area contributed by atoms with Gasteiger partial charge in [-0.3, -0.25) is 0 Å². The second-order valence-corrected chi connectivity index (χ2v) is 7.38. The molecule has 7 heteroatoms. The number of nitrogens with one attached hydrogen (secondary N) is 1. The van der Waals surface area contributed by atoms with Crippen LogP contribution in [0.15, 0.2) is 18.2 Å². The van der Waals surface area contributed by atoms with E-state index < -0.39 is 10.0 Å². The van der Waals surface area contributed by atoms with Gasteiger partial charge in [0, 0.05) is 31.7 Å². The Bertz CT molecular complexity index is 554. The second-order valence-electron chi connectivity index (χ2n) is 5.13. The highest BCUT2D eigenvalue weighted by atomic mass is 32.2. The maximum Gasteiger partial charge on any atom is 0.213 e. The van der Waals surface area contributed by atoms with Crippen molar-refractivity contribution in [1.29, 1.82) is 0 Å². The number of piperidine rings is 1. The van der Waals surface area contributed by atoms with Crippen LogP contribution in [0.25, 0.3) is 0 Å². The van der Waals surface area contributed by atoms with Crippen molar-refractivity contribution in [2.45, 2.75) is 32.4 Å². The standard InChI is InChI=1S/C14H23N3O3S/c1-3-21(18,19)17-9-7-12(8-10-17)15-11-13-5-4-6-14(16-13)20-2/h4-6,12,15H,3,7-11H2,1-2H3. The summed E-state index contributed by atoms with van der Waals surface area (Å²) in [5, 5.41) is 3.44. The summed E-state index contributed by atoms with van der Waals surface area (Å²) in [6.45, 7) is 3.55. The molecule has 2 heterocycles. The van der Waals surface area contributed by atoms with Gasteiger partial charge in [0.1, 0.15) is 0 Å². The van der Waals surface area contributed by atoms with E-state index in [1.165, 1.54) is 0 Å². The normalized spacial score (nSPS) is 17.8. The summed E-state index contributed by atoms with van der Waals surface area (Å²) < 4.78 is 30.3. The maximum absolute atomic E-state index is 11.8. The minimum Gasteiger partial charge on any atom is -0.481 e. The Kier molecular flexibility index (Phi) is 5.55. The van der Waals surface area contributed by atoms with Crippen LogP contribution in [0, 0.1) is 0 Å². The molecule has 0 unspecified atom stereocenters. The lowest BCUT2D eigenvalue weighted by atomic mass is 10.1. The third-order valence-electron chi connectivity index (χ3n) is 3.77. The van der Waals surface area contributed by atoms with E-state index in [2.05, 4.69) is 10.3 Å². The average Bonchev–Trinajstić information content (AvgIpc) is 2.53. The van der Waals surface area contributed by atoms with Crippen LogP contribution in [0.2, 0.25) is 0 Å². The molecule has 0 saturated carbocycles. The molecule has 1 saturated heterocycles. The summed E-state index contributed by atoms with van der Waals surface area (Å²) in [5.41, 5.74) is 0.929. The first kappa shape index (κ1) is 16.2. The maximum atomic E-state index is 11.8. The third-order valence-corrected chi connectivity index (χ3v) is 5.66. The van der Waals surface area contributed by atoms with Crippen molar-refractivity contribution in [2.24, 2.45) is 0 Å². The molecular weight excluding hydrogens is 290 g/mol. The Hall–Kier alpha value is -1.18. The zero-order chi connectivity index (χ0) is 15.3. The molecule has 118 valence electrons. The number of nitrogens with zero attached hydrogens (tertiary/aromatic N) is 2. The van der Waals surface area contributed by atoms with E-state index in [-0.39, 0.29) is 5.75 Å². The molecule has 0 aliphatic carbocycles. The molecule has 0 radical (unpaired) electrons. The minimum absolute atomic E-state index is 0.179. The van der Waals surface area contributed by atoms with Crippen LogP contribution in [-0.4, -0.2) is 49.7 Å². The summed E-state index contributed by atoms with van der Waals surface area (Å²) in [6.07, 6.45) is 1.67. The molecule has 6 nitrogen and oxygen atoms in total. The van der Waals surface area contributed by atoms with Crippen molar-refractivity contribution in [3.05, 3.63) is 23.9 Å². The van der Waals surface area contributed by atoms with E-state index in [0.717, 1.165) is 18.5 Å². The fraction of sp³-hybridized carbons (Fsp3) is 0.643. The lowest BCUT2D eigenvalue weighted by Crippen LogP contribution is -2.45. The lowest BCUT2D eigenvalue weighted by molar-refractivity contribution is 0.288. The highest BCUT2D eigenvalue weighted by molar-refractivity contribution is 7.89. The van der Waals surface area contributed by atoms with Gasteiger partial charge in [-0.15, -0.1) is 0 Å². The molecule has 21 heavy (non-hydrogen) atoms. The molecule has 1 aromatic heterocycles. The molecular formula is C14H23N3O3S. The van der Waals surface area contributed by atoms with Crippen LogP contribution in [0.4, 0.5) is 0 Å². The Morgan fingerprint density at radius 2 is 2.10 bits per heavy atom. The van der Waals surface area contributed by atoms with Crippen molar-refractivity contribution in [3.8, 4) is 5.88 Å². The van der Waals surface area contributed by atoms with Crippen LogP contribution in [0.5, 0.6) is 5.88 Å². The van der Waals surface area contributed by atoms with E-state index in [4.69, 9.17) is 4.74 Å². The first-order valence-electron chi connectivity index (χ1n) is 7.26. The summed E-state index contributed by atoms with van der Waals surface area (Å²) in [5.74, 6) is 0.789. The topological polar surface area (TPSA) is 71.5 Å². The Balaban J connectivity index is 1.81. The van der Waals surface area contributed by atoms with Crippen molar-refractivity contribution >= 4 is 10.0 Å². The molecule has 1 fully saturated rings. The molecule has 0 bridgehead atoms. The monoisotopic (exact) mass is 313 g/mol. The molecule has 2 rings (SSSR count). The van der Waals surface area contributed by atoms with E-state index in [1.54, 1.807) is 18.3 Å². The molecule has 1 aliphatic rings. The second kappa shape index (κ2) is 7.20. The lowest BCUT2D eigenvalue weighted by Gasteiger charge is -2.31. The molecule has 0 aromatic carbocycles. The van der Waals surface area contributed by atoms with E-state index in [9.17, 15) is 8.42 Å². The number of aromatic nitrogens is 1. The summed E-state index contributed by atoms with van der Waals surface area (Å²) in [7, 11) is -1.44. The van der Waals surface area contributed by atoms with Gasteiger partial charge >= 0.3 is 0 Å². The smallest absolute Gasteiger partial charge is 0.213 e. The van der Waals surface area contributed by atoms with Crippen LogP contribution in [0.3, 0.4) is 0 Å². The van der Waals surface area contributed by atoms with Gasteiger partial charge in [-0.1, -0.05) is 6.07 Å². The molecule has 1 aliphatic heterocycles. The minimum atomic E-state index is -3.04. The van der Waals surface area contributed by atoms with E-state index in [0.29, 0.717) is 31.6 Å². The van der Waals surface area contributed by atoms with Crippen molar-refractivity contribution in [3.63, 3.8) is 0 Å². The number of hydrogen-bond donors (Lipinski definition) is 1. The Morgan fingerprint density at radius 3 is 2.71 bits per heavy atom. The van der Waals surface area contributed by atoms with Gasteiger partial charge in [0.15, 0.2) is 0 Å². The molecule has 0 spiro atoms. The molecule has 0 amide bonds. The highest BCUT2D eigenvalue weighted by Crippen LogP contribution is 2.15. The highest BCUT2D eigenvalue weighted by Gasteiger charge is 2.26. The van der Waals surface area contributed by atoms with E-state index in [1.807, 2.05) is 18.2 Å². The largest absolute Gasteiger partial charge is 0.481 e. The molecule has 1 N–H and O–H groups in total. The van der Waals surface area contributed by atoms with Gasteiger partial charge in [0.25, 0.3) is 0 Å². The number of ether oxygens (including phenoxy) is 1. The number of methoxy groups -OCH3 is 1. The zero-order valence-electron chi connectivity index (χ0n) is 12.6. The first-order valence-corrected chi connectivity index (χ1v) is 8.87. The van der Waals surface area contributed by atoms with Crippen LogP contribution in [0.1, 0.15) is 25.5 Å². The van der Waals surface area contributed by atoms with Crippen LogP contribution >= 0.6 is 0 Å². The van der Waals surface area contributed by atoms with Crippen LogP contribution < -0.4 is 10.1 Å². The average molecular weight is 313 g/mol. The summed E-state index contributed by atoms with van der Waals surface area (Å²) >= 11 is 0. The van der Waals surface area contributed by atoms with Gasteiger partial charge < -0.3 is 10.1 Å². The number of pyridine rings is 1. The quantitative estimate of drug-likeness (QED) is 0.848. The molecule has 1 aromatic rings. The van der Waals surface area contributed by atoms with Crippen molar-refractivity contribution in [2.75, 3.05) is 26.0 Å². The fourth-order valence-corrected chi connectivity index (χ4v) is 3.57. The third kappa shape index (κ3) is 4.39. The Morgan fingerprint density at radius 1 is 1.38 bits per heavy atom. The predicted octanol–water partition coefficient (Wildman–Crippen LogP) is 0.994. The van der Waals surface area contributed by atoms with Gasteiger partial charge in [0.05, 0.1) is 18.6 Å². The van der Waals surface area contributed by atoms with Gasteiger partial charge in [0.2, 0.25) is 15.9 Å². The summed E-state index contributed by atoms with van der Waals surface area (Å²) in [6, 6.07) is 6.02. The first-order chi connectivity index (χ1) is 10.0. The SMILES string of the molecule is CCS(=O)(=O)N1CCC(NCc2cccc(OC)n2)CC1. The fourth-order valence-electron chi connectivity index (χ4n) is 2.44. The molecule has 0 atom stereocenters. The zero-order valence-corrected chi connectivity index (χ0v) is 13.4. The number of hydrogen-bond acceptors (Lipinski definition) is 5. The van der Waals surface area contributed by atoms with Gasteiger partial charge in [-0.25, -0.2) is 17.7 Å². The number of rotatable bonds is 6. The van der Waals surface area contributed by atoms with Gasteiger partial charge in [-0.05, 0) is 25.8 Å². The number of sulfonamides is 1. The van der Waals surface area contributed by atoms with Crippen LogP contribution in [-0.2, 0) is 16.6 Å². The summed E-state index contributed by atoms with van der Waals surface area (Å²) in [4.78, 5) is 4.35.